The minimum absolute atomic E-state index is 0.0868. The second kappa shape index (κ2) is 13.6. The Labute approximate surface area is 283 Å². The molecule has 0 spiro atoms. The number of imide groups is 2. The lowest BCUT2D eigenvalue weighted by atomic mass is 9.72. The number of hydrogen-bond donors (Lipinski definition) is 8. The van der Waals surface area contributed by atoms with E-state index in [1.807, 2.05) is 0 Å². The minimum Gasteiger partial charge on any atom is -0.534 e. The first-order valence-corrected chi connectivity index (χ1v) is 16.1. The maximum absolute atomic E-state index is 14.2. The van der Waals surface area contributed by atoms with Crippen LogP contribution in [0.1, 0.15) is 37.9 Å². The Bertz CT molecular complexity index is 2000. The molecule has 5 rings (SSSR count). The number of nitrogens with one attached hydrogen (secondary N) is 2. The fraction of sp³-hybridized carbons (Fsp3) is 0.179. The van der Waals surface area contributed by atoms with Crippen LogP contribution in [0.2, 0.25) is 5.02 Å². The van der Waals surface area contributed by atoms with E-state index >= 15 is 0 Å². The summed E-state index contributed by atoms with van der Waals surface area (Å²) in [5, 5.41) is 42.8. The maximum atomic E-state index is 14.2. The summed E-state index contributed by atoms with van der Waals surface area (Å²) in [5.41, 5.74) is -1.55. The van der Waals surface area contributed by atoms with Crippen molar-refractivity contribution in [3.63, 3.8) is 0 Å². The molecule has 3 aromatic carbocycles. The van der Waals surface area contributed by atoms with Crippen LogP contribution in [0.15, 0.2) is 42.5 Å². The zero-order chi connectivity index (χ0) is 36.8. The molecule has 50 heavy (non-hydrogen) atoms. The molecule has 1 saturated heterocycles. The van der Waals surface area contributed by atoms with E-state index in [0.717, 1.165) is 30.3 Å². The maximum Gasteiger partial charge on any atom is 0.547 e. The van der Waals surface area contributed by atoms with Gasteiger partial charge in [0.25, 0.3) is 5.91 Å². The first-order valence-electron chi connectivity index (χ1n) is 14.1. The second-order valence-corrected chi connectivity index (χ2v) is 12.9. The number of urea groups is 2. The van der Waals surface area contributed by atoms with Gasteiger partial charge in [-0.1, -0.05) is 29.8 Å². The van der Waals surface area contributed by atoms with Gasteiger partial charge < -0.3 is 45.4 Å². The lowest BCUT2D eigenvalue weighted by molar-refractivity contribution is -0.123. The predicted molar refractivity (Wildman–Crippen MR) is 165 cm³/mol. The van der Waals surface area contributed by atoms with Gasteiger partial charge in [0.05, 0.1) is 28.4 Å². The summed E-state index contributed by atoms with van der Waals surface area (Å²) >= 11 is 5.86. The Balaban J connectivity index is 1.39. The molecular formula is C28H23BClF2N4O13P. The van der Waals surface area contributed by atoms with E-state index in [0.29, 0.717) is 15.9 Å². The number of carboxylic acids is 1. The SMILES string of the molecule is O=C(O)c1c(F)ccc2c1OB(O)C(NC(=O)[C@H](NC(=O)N1CCN(C(=O)c3cc(F)c(O)c(O)c3Cl)C1=O)c1ccc(P(=O)(O)O)cc1)C2. The van der Waals surface area contributed by atoms with Crippen LogP contribution in [0.4, 0.5) is 18.4 Å². The second-order valence-electron chi connectivity index (χ2n) is 10.9. The minimum atomic E-state index is -4.74. The molecule has 0 saturated carbocycles. The molecule has 0 bridgehead atoms. The summed E-state index contributed by atoms with van der Waals surface area (Å²) < 4.78 is 45.1. The topological polar surface area (TPSA) is 264 Å². The van der Waals surface area contributed by atoms with Crippen LogP contribution in [0.3, 0.4) is 0 Å². The quantitative estimate of drug-likeness (QED) is 0.0957. The highest BCUT2D eigenvalue weighted by molar-refractivity contribution is 7.60. The third-order valence-electron chi connectivity index (χ3n) is 7.74. The monoisotopic (exact) mass is 738 g/mol. The molecule has 2 heterocycles. The molecule has 1 unspecified atom stereocenters. The molecular weight excluding hydrogens is 716 g/mol. The fourth-order valence-electron chi connectivity index (χ4n) is 5.21. The molecule has 0 radical (unpaired) electrons. The lowest BCUT2D eigenvalue weighted by Crippen LogP contribution is -2.56. The standard InChI is InChI=1S/C28H23BClF2N4O13P/c30-19-14(10-16(32)21(37)22(19)38)25(40)35-7-8-36(28(35)44)27(43)34-20(11-1-4-13(5-2-11)50(46,47)48)24(39)33-17-9-12-3-6-15(31)18(26(41)42)23(12)49-29(17)45/h1-6,10,17,20,37-38,45H,7-9H2,(H,33,39)(H,34,43)(H,41,42)(H2,46,47,48)/t17?,20-/m1/s1. The average Bonchev–Trinajstić information content (AvgIpc) is 3.44. The van der Waals surface area contributed by atoms with Crippen LogP contribution in [-0.4, -0.2) is 95.9 Å². The first-order chi connectivity index (χ1) is 23.4. The zero-order valence-electron chi connectivity index (χ0n) is 24.9. The van der Waals surface area contributed by atoms with E-state index in [4.69, 9.17) is 16.3 Å². The summed E-state index contributed by atoms with van der Waals surface area (Å²) in [7, 11) is -6.66. The van der Waals surface area contributed by atoms with Gasteiger partial charge in [0.2, 0.25) is 5.91 Å². The van der Waals surface area contributed by atoms with Gasteiger partial charge in [-0.3, -0.25) is 19.1 Å². The van der Waals surface area contributed by atoms with Crippen LogP contribution in [0, 0.1) is 11.6 Å². The number of halogens is 3. The van der Waals surface area contributed by atoms with Gasteiger partial charge in [-0.15, -0.1) is 0 Å². The number of phenols is 2. The Morgan fingerprint density at radius 3 is 2.26 bits per heavy atom. The van der Waals surface area contributed by atoms with Gasteiger partial charge in [-0.05, 0) is 41.8 Å². The van der Waals surface area contributed by atoms with Crippen LogP contribution in [-0.2, 0) is 15.8 Å². The third kappa shape index (κ3) is 6.79. The number of rotatable bonds is 7. The zero-order valence-corrected chi connectivity index (χ0v) is 26.6. The van der Waals surface area contributed by atoms with Crippen LogP contribution >= 0.6 is 19.2 Å². The van der Waals surface area contributed by atoms with E-state index in [-0.39, 0.29) is 17.5 Å². The Kier molecular flexibility index (Phi) is 9.77. The summed E-state index contributed by atoms with van der Waals surface area (Å²) in [6.07, 6.45) is -0.280. The van der Waals surface area contributed by atoms with Crippen molar-refractivity contribution in [2.75, 3.05) is 13.1 Å². The summed E-state index contributed by atoms with van der Waals surface area (Å²) in [4.78, 5) is 84.7. The number of carbonyl (C=O) groups is 5. The number of nitrogens with zero attached hydrogens (tertiary/aromatic N) is 2. The number of aromatic carboxylic acids is 1. The largest absolute Gasteiger partial charge is 0.547 e. The molecule has 8 N–H and O–H groups in total. The molecule has 22 heteroatoms. The van der Waals surface area contributed by atoms with Crippen molar-refractivity contribution in [3.05, 3.63) is 81.4 Å². The number of fused-ring (bicyclic) bond motifs is 1. The van der Waals surface area contributed by atoms with Crippen molar-refractivity contribution < 1.29 is 72.1 Å². The molecule has 0 aromatic heterocycles. The first kappa shape index (κ1) is 36.0. The number of carboxylic acid groups (broad SMARTS) is 1. The van der Waals surface area contributed by atoms with Crippen molar-refractivity contribution in [2.45, 2.75) is 18.4 Å². The van der Waals surface area contributed by atoms with E-state index in [1.165, 1.54) is 6.07 Å². The van der Waals surface area contributed by atoms with Gasteiger partial charge in [-0.2, -0.15) is 0 Å². The normalized spacial score (nSPS) is 16.4. The van der Waals surface area contributed by atoms with Crippen LogP contribution < -0.4 is 20.6 Å². The molecule has 6 amide bonds. The molecule has 1 fully saturated rings. The molecule has 2 aliphatic rings. The molecule has 17 nitrogen and oxygen atoms in total. The van der Waals surface area contributed by atoms with Gasteiger partial charge in [0.1, 0.15) is 23.2 Å². The van der Waals surface area contributed by atoms with E-state index in [9.17, 15) is 67.4 Å². The van der Waals surface area contributed by atoms with Crippen molar-refractivity contribution in [1.29, 1.82) is 0 Å². The highest BCUT2D eigenvalue weighted by Gasteiger charge is 2.42. The van der Waals surface area contributed by atoms with E-state index in [1.54, 1.807) is 0 Å². The number of hydrogen-bond acceptors (Lipinski definition) is 10. The van der Waals surface area contributed by atoms with Gasteiger partial charge in [-0.25, -0.2) is 28.1 Å². The van der Waals surface area contributed by atoms with Crippen molar-refractivity contribution in [3.8, 4) is 17.2 Å². The lowest BCUT2D eigenvalue weighted by Gasteiger charge is -2.30. The van der Waals surface area contributed by atoms with Crippen LogP contribution in [0.25, 0.3) is 0 Å². The highest BCUT2D eigenvalue weighted by atomic mass is 35.5. The van der Waals surface area contributed by atoms with Crippen molar-refractivity contribution in [2.24, 2.45) is 0 Å². The molecule has 0 aliphatic carbocycles. The van der Waals surface area contributed by atoms with Crippen molar-refractivity contribution >= 4 is 61.5 Å². The van der Waals surface area contributed by atoms with Gasteiger partial charge in [0, 0.05) is 6.54 Å². The number of carbonyl (C=O) groups excluding carboxylic acids is 4. The number of benzene rings is 3. The molecule has 262 valence electrons. The highest BCUT2D eigenvalue weighted by Crippen LogP contribution is 2.39. The average molecular weight is 739 g/mol. The third-order valence-corrected chi connectivity index (χ3v) is 9.09. The molecule has 2 atom stereocenters. The smallest absolute Gasteiger partial charge is 0.534 e. The Morgan fingerprint density at radius 2 is 1.64 bits per heavy atom. The Morgan fingerprint density at radius 1 is 1.00 bits per heavy atom. The van der Waals surface area contributed by atoms with Gasteiger partial charge in [0.15, 0.2) is 17.3 Å². The molecule has 2 aliphatic heterocycles. The molecule has 3 aromatic rings. The number of aromatic hydroxyl groups is 2. The van der Waals surface area contributed by atoms with E-state index in [2.05, 4.69) is 10.6 Å². The fourth-order valence-corrected chi connectivity index (χ4v) is 5.97. The Hall–Kier alpha value is -5.27. The summed E-state index contributed by atoms with van der Waals surface area (Å²) in [6, 6.07) is 2.33. The van der Waals surface area contributed by atoms with Crippen molar-refractivity contribution in [1.82, 2.24) is 20.4 Å². The van der Waals surface area contributed by atoms with E-state index < -0.39 is 120 Å². The summed E-state index contributed by atoms with van der Waals surface area (Å²) in [6.45, 7) is -0.914. The van der Waals surface area contributed by atoms with Gasteiger partial charge >= 0.3 is 32.7 Å². The van der Waals surface area contributed by atoms with Crippen LogP contribution in [0.5, 0.6) is 17.2 Å². The number of phenolic OH excluding ortho intramolecular Hbond substituents is 2. The summed E-state index contributed by atoms with van der Waals surface area (Å²) in [5.74, 6) is -10.7. The predicted octanol–water partition coefficient (Wildman–Crippen LogP) is 0.999. The number of amides is 6.